The summed E-state index contributed by atoms with van der Waals surface area (Å²) in [6.45, 7) is -0.797. The molecule has 2 aliphatic rings. The molecule has 2 aromatic rings. The molecule has 204 valence electrons. The standard InChI is InChI=1S/C24H24O14/c25-8-17-20(33)23(38-19(32)7-18(30)31)21(34)24(37-17)36-16-6-11-13(28)4-10(26)5-15(11)35-22(16)9-1-2-12(27)14(29)3-9/h1-6,17,20-29,33-34H,7-8H2,(H,30,31)/t17-,20+,21+,22?,23-,24+/m0/s1. The van der Waals surface area contributed by atoms with Gasteiger partial charge in [0.1, 0.15) is 41.6 Å². The fraction of sp³-hybridized carbons (Fsp3) is 0.333. The van der Waals surface area contributed by atoms with Gasteiger partial charge in [0.25, 0.3) is 0 Å². The van der Waals surface area contributed by atoms with Gasteiger partial charge in [0.15, 0.2) is 29.8 Å². The van der Waals surface area contributed by atoms with Crippen molar-refractivity contribution < 1.29 is 69.4 Å². The van der Waals surface area contributed by atoms with E-state index in [0.717, 1.165) is 12.1 Å². The van der Waals surface area contributed by atoms with E-state index in [1.165, 1.54) is 24.3 Å². The predicted molar refractivity (Wildman–Crippen MR) is 122 cm³/mol. The van der Waals surface area contributed by atoms with E-state index in [0.29, 0.717) is 0 Å². The maximum atomic E-state index is 11.9. The second-order valence-corrected chi connectivity index (χ2v) is 8.52. The molecule has 6 atom stereocenters. The first-order valence-corrected chi connectivity index (χ1v) is 11.1. The van der Waals surface area contributed by atoms with Crippen molar-refractivity contribution in [3.8, 4) is 28.7 Å². The Balaban J connectivity index is 1.70. The molecule has 8 N–H and O–H groups in total. The highest BCUT2D eigenvalue weighted by atomic mass is 16.7. The quantitative estimate of drug-likeness (QED) is 0.130. The van der Waals surface area contributed by atoms with Crippen LogP contribution in [0.2, 0.25) is 0 Å². The van der Waals surface area contributed by atoms with Gasteiger partial charge < -0.3 is 59.8 Å². The smallest absolute Gasteiger partial charge is 0.317 e. The number of esters is 1. The number of aliphatic carboxylic acids is 1. The van der Waals surface area contributed by atoms with Crippen LogP contribution in [0.15, 0.2) is 36.1 Å². The lowest BCUT2D eigenvalue weighted by molar-refractivity contribution is -0.296. The molecule has 0 aromatic heterocycles. The Labute approximate surface area is 213 Å². The van der Waals surface area contributed by atoms with E-state index in [1.54, 1.807) is 0 Å². The molecule has 0 aliphatic carbocycles. The lowest BCUT2D eigenvalue weighted by atomic mass is 9.98. The van der Waals surface area contributed by atoms with E-state index in [9.17, 15) is 45.3 Å². The van der Waals surface area contributed by atoms with Crippen molar-refractivity contribution in [3.63, 3.8) is 0 Å². The van der Waals surface area contributed by atoms with Crippen molar-refractivity contribution in [2.24, 2.45) is 0 Å². The van der Waals surface area contributed by atoms with Gasteiger partial charge in [-0.2, -0.15) is 0 Å². The number of phenols is 4. The summed E-state index contributed by atoms with van der Waals surface area (Å²) in [5.41, 5.74) is 0.277. The van der Waals surface area contributed by atoms with Gasteiger partial charge in [0.05, 0.1) is 12.2 Å². The van der Waals surface area contributed by atoms with Gasteiger partial charge in [-0.1, -0.05) is 6.07 Å². The number of carboxylic acids is 1. The van der Waals surface area contributed by atoms with Crippen LogP contribution in [-0.2, 0) is 23.8 Å². The minimum Gasteiger partial charge on any atom is -0.508 e. The fourth-order valence-electron chi connectivity index (χ4n) is 4.02. The van der Waals surface area contributed by atoms with Crippen molar-refractivity contribution in [1.82, 2.24) is 0 Å². The summed E-state index contributed by atoms with van der Waals surface area (Å²) in [7, 11) is 0. The number of carboxylic acid groups (broad SMARTS) is 1. The molecule has 38 heavy (non-hydrogen) atoms. The normalized spacial score (nSPS) is 26.4. The summed E-state index contributed by atoms with van der Waals surface area (Å²) in [6.07, 6.45) is -9.53. The third-order valence-corrected chi connectivity index (χ3v) is 5.83. The molecular formula is C24H24O14. The Bertz CT molecular complexity index is 1260. The number of carbonyl (C=O) groups is 2. The molecular weight excluding hydrogens is 512 g/mol. The average molecular weight is 536 g/mol. The number of phenolic OH excluding ortho intramolecular Hbond substituents is 4. The lowest BCUT2D eigenvalue weighted by Crippen LogP contribution is -2.60. The summed E-state index contributed by atoms with van der Waals surface area (Å²) >= 11 is 0. The maximum absolute atomic E-state index is 11.9. The summed E-state index contributed by atoms with van der Waals surface area (Å²) in [5, 5.41) is 79.5. The number of hydrogen-bond donors (Lipinski definition) is 8. The maximum Gasteiger partial charge on any atom is 0.317 e. The van der Waals surface area contributed by atoms with Crippen LogP contribution in [0.4, 0.5) is 0 Å². The van der Waals surface area contributed by atoms with Crippen LogP contribution in [0.25, 0.3) is 6.08 Å². The zero-order chi connectivity index (χ0) is 27.7. The molecule has 0 spiro atoms. The van der Waals surface area contributed by atoms with Crippen LogP contribution >= 0.6 is 0 Å². The van der Waals surface area contributed by atoms with Crippen molar-refractivity contribution >= 4 is 18.0 Å². The number of hydrogen-bond acceptors (Lipinski definition) is 13. The van der Waals surface area contributed by atoms with E-state index in [1.807, 2.05) is 0 Å². The minimum atomic E-state index is -1.89. The van der Waals surface area contributed by atoms with Crippen molar-refractivity contribution in [3.05, 3.63) is 47.2 Å². The van der Waals surface area contributed by atoms with E-state index < -0.39 is 79.0 Å². The van der Waals surface area contributed by atoms with E-state index in [-0.39, 0.29) is 28.4 Å². The number of benzene rings is 2. The molecule has 14 nitrogen and oxygen atoms in total. The van der Waals surface area contributed by atoms with Gasteiger partial charge in [-0.15, -0.1) is 0 Å². The highest BCUT2D eigenvalue weighted by Crippen LogP contribution is 2.45. The number of aliphatic hydroxyl groups excluding tert-OH is 3. The molecule has 4 rings (SSSR count). The summed E-state index contributed by atoms with van der Waals surface area (Å²) in [4.78, 5) is 22.7. The molecule has 0 radical (unpaired) electrons. The lowest BCUT2D eigenvalue weighted by Gasteiger charge is -2.42. The number of aliphatic hydroxyl groups is 3. The van der Waals surface area contributed by atoms with E-state index in [4.69, 9.17) is 24.1 Å². The monoisotopic (exact) mass is 536 g/mol. The van der Waals surface area contributed by atoms with Gasteiger partial charge in [0, 0.05) is 17.7 Å². The number of carbonyl (C=O) groups excluding carboxylic acids is 1. The molecule has 2 aromatic carbocycles. The summed E-state index contributed by atoms with van der Waals surface area (Å²) in [6, 6.07) is 5.94. The second kappa shape index (κ2) is 10.6. The molecule has 1 fully saturated rings. The zero-order valence-electron chi connectivity index (χ0n) is 19.4. The van der Waals surface area contributed by atoms with Gasteiger partial charge in [-0.25, -0.2) is 0 Å². The average Bonchev–Trinajstić information content (AvgIpc) is 2.84. The van der Waals surface area contributed by atoms with Gasteiger partial charge in [-0.3, -0.25) is 9.59 Å². The van der Waals surface area contributed by atoms with E-state index in [2.05, 4.69) is 0 Å². The second-order valence-electron chi connectivity index (χ2n) is 8.52. The van der Waals surface area contributed by atoms with Crippen molar-refractivity contribution in [2.75, 3.05) is 6.61 Å². The topological polar surface area (TPSA) is 233 Å². The fourth-order valence-corrected chi connectivity index (χ4v) is 4.02. The first kappa shape index (κ1) is 26.8. The largest absolute Gasteiger partial charge is 0.508 e. The van der Waals surface area contributed by atoms with Gasteiger partial charge in [-0.05, 0) is 18.2 Å². The van der Waals surface area contributed by atoms with Crippen LogP contribution < -0.4 is 4.74 Å². The summed E-state index contributed by atoms with van der Waals surface area (Å²) < 4.78 is 22.1. The van der Waals surface area contributed by atoms with Crippen LogP contribution in [0, 0.1) is 0 Å². The highest BCUT2D eigenvalue weighted by Gasteiger charge is 2.49. The third kappa shape index (κ3) is 5.38. The van der Waals surface area contributed by atoms with Crippen molar-refractivity contribution in [1.29, 1.82) is 0 Å². The zero-order valence-corrected chi connectivity index (χ0v) is 19.4. The molecule has 0 bridgehead atoms. The molecule has 2 heterocycles. The molecule has 1 saturated heterocycles. The summed E-state index contributed by atoms with van der Waals surface area (Å²) in [5.74, 6) is -4.55. The van der Waals surface area contributed by atoms with Gasteiger partial charge >= 0.3 is 11.9 Å². The molecule has 2 aliphatic heterocycles. The van der Waals surface area contributed by atoms with Crippen LogP contribution in [0.1, 0.15) is 23.7 Å². The number of fused-ring (bicyclic) bond motifs is 1. The Hall–Kier alpha value is -4.24. The number of aromatic hydroxyl groups is 4. The highest BCUT2D eigenvalue weighted by molar-refractivity contribution is 5.90. The molecule has 1 unspecified atom stereocenters. The third-order valence-electron chi connectivity index (χ3n) is 5.83. The first-order valence-electron chi connectivity index (χ1n) is 11.1. The number of ether oxygens (including phenoxy) is 4. The Kier molecular flexibility index (Phi) is 7.50. The molecule has 14 heteroatoms. The van der Waals surface area contributed by atoms with Crippen LogP contribution in [-0.4, -0.2) is 90.1 Å². The Morgan fingerprint density at radius 1 is 0.947 bits per heavy atom. The minimum absolute atomic E-state index is 0.0154. The van der Waals surface area contributed by atoms with Gasteiger partial charge in [0.2, 0.25) is 6.29 Å². The Morgan fingerprint density at radius 3 is 2.34 bits per heavy atom. The van der Waals surface area contributed by atoms with Crippen molar-refractivity contribution in [2.45, 2.75) is 43.2 Å². The Morgan fingerprint density at radius 2 is 1.68 bits per heavy atom. The SMILES string of the molecule is O=C(O)CC(=O)O[C@@H]1[C@@H](O)[C@H](OC2=Cc3c(O)cc(O)cc3OC2c2ccc(O)c(O)c2)O[C@@H](CO)[C@H]1O. The van der Waals surface area contributed by atoms with E-state index >= 15 is 0 Å². The van der Waals surface area contributed by atoms with Crippen LogP contribution in [0.3, 0.4) is 0 Å². The van der Waals surface area contributed by atoms with Crippen LogP contribution in [0.5, 0.6) is 28.7 Å². The number of rotatable bonds is 7. The predicted octanol–water partition coefficient (Wildman–Crippen LogP) is -0.174. The molecule has 0 amide bonds. The first-order chi connectivity index (χ1) is 18.0. The molecule has 0 saturated carbocycles.